The van der Waals surface area contributed by atoms with Crippen molar-refractivity contribution in [3.63, 3.8) is 0 Å². The van der Waals surface area contributed by atoms with Gasteiger partial charge in [0.2, 0.25) is 5.82 Å². The first kappa shape index (κ1) is 18.7. The van der Waals surface area contributed by atoms with Crippen molar-refractivity contribution in [2.45, 2.75) is 11.1 Å². The monoisotopic (exact) mass is 396 g/mol. The van der Waals surface area contributed by atoms with Gasteiger partial charge in [0, 0.05) is 22.9 Å². The van der Waals surface area contributed by atoms with Crippen molar-refractivity contribution in [1.82, 2.24) is 15.1 Å². The van der Waals surface area contributed by atoms with Crippen molar-refractivity contribution in [1.29, 1.82) is 0 Å². The summed E-state index contributed by atoms with van der Waals surface area (Å²) in [5, 5.41) is 3.23. The highest BCUT2D eigenvalue weighted by atomic mass is 32.2. The predicted octanol–water partition coefficient (Wildman–Crippen LogP) is 3.45. The number of rotatable bonds is 3. The van der Waals surface area contributed by atoms with E-state index in [1.807, 2.05) is 0 Å². The zero-order chi connectivity index (χ0) is 19.7. The molecule has 0 saturated heterocycles. The molecular weight excluding hydrogens is 385 g/mol. The molecule has 0 aliphatic heterocycles. The first-order valence-corrected chi connectivity index (χ1v) is 9.28. The van der Waals surface area contributed by atoms with Gasteiger partial charge in [0.05, 0.1) is 9.73 Å². The summed E-state index contributed by atoms with van der Waals surface area (Å²) >= 11 is 0. The lowest BCUT2D eigenvalue weighted by atomic mass is 10.2. The Morgan fingerprint density at radius 1 is 1.15 bits per heavy atom. The third-order valence-corrected chi connectivity index (χ3v) is 5.01. The van der Waals surface area contributed by atoms with Crippen molar-refractivity contribution in [3.05, 3.63) is 60.2 Å². The second-order valence-electron chi connectivity index (χ2n) is 5.37. The average Bonchev–Trinajstić information content (AvgIpc) is 3.13. The molecule has 0 N–H and O–H groups in total. The number of amides is 1. The molecule has 0 aliphatic rings. The summed E-state index contributed by atoms with van der Waals surface area (Å²) in [5.41, 5.74) is -0.00473. The molecule has 0 radical (unpaired) electrons. The Morgan fingerprint density at radius 3 is 2.41 bits per heavy atom. The molecule has 140 valence electrons. The third kappa shape index (κ3) is 4.19. The fraction of sp³-hybridized carbons (Fsp3) is 0.125. The number of carbonyl (C=O) groups excluding carboxylic acids is 1. The van der Waals surface area contributed by atoms with E-state index in [-0.39, 0.29) is 17.1 Å². The van der Waals surface area contributed by atoms with Gasteiger partial charge in [-0.1, -0.05) is 23.4 Å². The lowest BCUT2D eigenvalue weighted by molar-refractivity contribution is -0.159. The summed E-state index contributed by atoms with van der Waals surface area (Å²) < 4.78 is 57.9. The number of hydrogen-bond donors (Lipinski definition) is 0. The van der Waals surface area contributed by atoms with E-state index in [0.717, 1.165) is 6.20 Å². The molecule has 2 aromatic heterocycles. The van der Waals surface area contributed by atoms with Crippen LogP contribution in [-0.2, 0) is 15.9 Å². The summed E-state index contributed by atoms with van der Waals surface area (Å²) in [5.74, 6) is -2.63. The largest absolute Gasteiger partial charge is 0.471 e. The van der Waals surface area contributed by atoms with Crippen LogP contribution in [0.1, 0.15) is 16.4 Å². The first-order valence-electron chi connectivity index (χ1n) is 7.36. The molecule has 0 fully saturated rings. The smallest absolute Gasteiger partial charge is 0.329 e. The normalized spacial score (nSPS) is 13.8. The predicted molar refractivity (Wildman–Crippen MR) is 88.1 cm³/mol. The van der Waals surface area contributed by atoms with Crippen LogP contribution >= 0.6 is 0 Å². The zero-order valence-corrected chi connectivity index (χ0v) is 14.5. The molecule has 0 bridgehead atoms. The van der Waals surface area contributed by atoms with Gasteiger partial charge in [0.1, 0.15) is 5.69 Å². The maximum absolute atomic E-state index is 12.6. The van der Waals surface area contributed by atoms with Gasteiger partial charge in [-0.2, -0.15) is 22.5 Å². The molecule has 11 heteroatoms. The quantitative estimate of drug-likeness (QED) is 0.673. The molecule has 7 nitrogen and oxygen atoms in total. The number of nitrogens with zero attached hydrogens (tertiary/aromatic N) is 4. The van der Waals surface area contributed by atoms with Crippen molar-refractivity contribution >= 4 is 15.6 Å². The average molecular weight is 396 g/mol. The van der Waals surface area contributed by atoms with E-state index in [2.05, 4.69) is 24.0 Å². The molecule has 3 aromatic rings. The number of hydrogen-bond acceptors (Lipinski definition) is 6. The molecule has 27 heavy (non-hydrogen) atoms. The van der Waals surface area contributed by atoms with E-state index in [1.165, 1.54) is 18.4 Å². The summed E-state index contributed by atoms with van der Waals surface area (Å²) in [6, 6.07) is 10.8. The number of carbonyl (C=O) groups is 1. The number of pyridine rings is 1. The summed E-state index contributed by atoms with van der Waals surface area (Å²) in [7, 11) is -2.96. The lowest BCUT2D eigenvalue weighted by Gasteiger charge is -2.03. The SMILES string of the molecule is CS(=O)(=NC(=O)c1ccc(-c2noc(C(F)(F)F)n2)cn1)c1ccccc1. The molecule has 1 amide bonds. The van der Waals surface area contributed by atoms with E-state index in [4.69, 9.17) is 0 Å². The molecule has 1 aromatic carbocycles. The van der Waals surface area contributed by atoms with Crippen LogP contribution in [0.2, 0.25) is 0 Å². The van der Waals surface area contributed by atoms with Crippen LogP contribution in [0.4, 0.5) is 13.2 Å². The van der Waals surface area contributed by atoms with Crippen LogP contribution in [-0.4, -0.2) is 31.5 Å². The zero-order valence-electron chi connectivity index (χ0n) is 13.7. The Labute approximate surface area is 151 Å². The van der Waals surface area contributed by atoms with E-state index in [0.29, 0.717) is 4.90 Å². The molecule has 3 rings (SSSR count). The Balaban J connectivity index is 1.85. The minimum atomic E-state index is -4.76. The number of halogens is 3. The van der Waals surface area contributed by atoms with Gasteiger partial charge in [0.25, 0.3) is 0 Å². The van der Waals surface area contributed by atoms with Crippen LogP contribution < -0.4 is 0 Å². The van der Waals surface area contributed by atoms with Gasteiger partial charge < -0.3 is 4.52 Å². The van der Waals surface area contributed by atoms with Crippen molar-refractivity contribution in [3.8, 4) is 11.4 Å². The van der Waals surface area contributed by atoms with Gasteiger partial charge in [-0.15, -0.1) is 0 Å². The van der Waals surface area contributed by atoms with Crippen LogP contribution in [0.3, 0.4) is 0 Å². The standard InChI is InChI=1S/C16H11F3N4O3S/c1-27(25,11-5-3-2-4-6-11)23-14(24)12-8-7-10(9-20-12)13-21-15(26-22-13)16(17,18)19/h2-9H,1H3. The van der Waals surface area contributed by atoms with Gasteiger partial charge in [-0.25, -0.2) is 4.21 Å². The van der Waals surface area contributed by atoms with Gasteiger partial charge in [-0.3, -0.25) is 9.78 Å². The number of aromatic nitrogens is 3. The van der Waals surface area contributed by atoms with E-state index in [9.17, 15) is 22.2 Å². The van der Waals surface area contributed by atoms with E-state index in [1.54, 1.807) is 30.3 Å². The van der Waals surface area contributed by atoms with Gasteiger partial charge in [-0.05, 0) is 24.3 Å². The second-order valence-corrected chi connectivity index (χ2v) is 7.62. The van der Waals surface area contributed by atoms with Crippen LogP contribution in [0.5, 0.6) is 0 Å². The Hall–Kier alpha value is -3.08. The van der Waals surface area contributed by atoms with Gasteiger partial charge >= 0.3 is 18.0 Å². The summed E-state index contributed by atoms with van der Waals surface area (Å²) in [6.45, 7) is 0. The highest BCUT2D eigenvalue weighted by Crippen LogP contribution is 2.29. The molecule has 2 heterocycles. The fourth-order valence-electron chi connectivity index (χ4n) is 2.04. The molecule has 0 saturated carbocycles. The lowest BCUT2D eigenvalue weighted by Crippen LogP contribution is -2.05. The Bertz CT molecular complexity index is 1090. The van der Waals surface area contributed by atoms with E-state index >= 15 is 0 Å². The number of alkyl halides is 3. The molecule has 1 unspecified atom stereocenters. The third-order valence-electron chi connectivity index (χ3n) is 3.35. The maximum Gasteiger partial charge on any atom is 0.471 e. The molecular formula is C16H11F3N4O3S. The topological polar surface area (TPSA) is 98.3 Å². The number of benzene rings is 1. The Kier molecular flexibility index (Phi) is 4.79. The maximum atomic E-state index is 12.6. The van der Waals surface area contributed by atoms with Crippen LogP contribution in [0, 0.1) is 0 Å². The minimum absolute atomic E-state index is 0.117. The Morgan fingerprint density at radius 2 is 1.85 bits per heavy atom. The molecule has 0 spiro atoms. The second kappa shape index (κ2) is 6.91. The summed E-state index contributed by atoms with van der Waals surface area (Å²) in [4.78, 5) is 19.7. The summed E-state index contributed by atoms with van der Waals surface area (Å²) in [6.07, 6.45) is -2.33. The van der Waals surface area contributed by atoms with Crippen molar-refractivity contribution in [2.75, 3.05) is 6.26 Å². The molecule has 0 aliphatic carbocycles. The van der Waals surface area contributed by atoms with Crippen LogP contribution in [0.25, 0.3) is 11.4 Å². The highest BCUT2D eigenvalue weighted by molar-refractivity contribution is 7.93. The molecule has 1 atom stereocenters. The van der Waals surface area contributed by atoms with Crippen molar-refractivity contribution in [2.24, 2.45) is 4.36 Å². The highest BCUT2D eigenvalue weighted by Gasteiger charge is 2.38. The van der Waals surface area contributed by atoms with Crippen molar-refractivity contribution < 1.29 is 26.7 Å². The minimum Gasteiger partial charge on any atom is -0.329 e. The first-order chi connectivity index (χ1) is 12.7. The van der Waals surface area contributed by atoms with Gasteiger partial charge in [0.15, 0.2) is 0 Å². The van der Waals surface area contributed by atoms with Crippen LogP contribution in [0.15, 0.2) is 62.4 Å². The fourth-order valence-corrected chi connectivity index (χ4v) is 3.22. The van der Waals surface area contributed by atoms with E-state index < -0.39 is 27.7 Å².